The summed E-state index contributed by atoms with van der Waals surface area (Å²) < 4.78 is 65.5. The molecule has 1 atom stereocenters. The fourth-order valence-corrected chi connectivity index (χ4v) is 6.68. The van der Waals surface area contributed by atoms with Crippen LogP contribution in [0.1, 0.15) is 42.0 Å². The molecule has 0 aromatic heterocycles. The molecule has 2 aliphatic rings. The smallest absolute Gasteiger partial charge is 0.244 e. The van der Waals surface area contributed by atoms with E-state index in [9.17, 15) is 17.2 Å². The summed E-state index contributed by atoms with van der Waals surface area (Å²) in [5.74, 6) is -0.527. The Kier molecular flexibility index (Phi) is 7.14. The minimum absolute atomic E-state index is 0.140. The molecule has 0 saturated carbocycles. The number of unbranched alkanes of at least 4 members (excludes halogenated alkanes) is 1. The summed E-state index contributed by atoms with van der Waals surface area (Å²) in [6.45, 7) is 1.89. The van der Waals surface area contributed by atoms with Gasteiger partial charge in [0.25, 0.3) is 0 Å². The second kappa shape index (κ2) is 9.74. The van der Waals surface area contributed by atoms with Gasteiger partial charge in [-0.25, -0.2) is 21.9 Å². The molecule has 0 saturated heterocycles. The molecule has 0 spiro atoms. The van der Waals surface area contributed by atoms with Crippen molar-refractivity contribution in [3.63, 3.8) is 0 Å². The number of methoxy groups -OCH3 is 2. The van der Waals surface area contributed by atoms with E-state index in [1.54, 1.807) is 14.2 Å². The van der Waals surface area contributed by atoms with Gasteiger partial charge >= 0.3 is 0 Å². The fourth-order valence-electron chi connectivity index (χ4n) is 4.99. The van der Waals surface area contributed by atoms with E-state index in [-0.39, 0.29) is 6.54 Å². The molecule has 2 aromatic rings. The highest BCUT2D eigenvalue weighted by Gasteiger charge is 2.36. The van der Waals surface area contributed by atoms with Crippen molar-refractivity contribution in [2.45, 2.75) is 43.0 Å². The molecule has 1 unspecified atom stereocenters. The van der Waals surface area contributed by atoms with Gasteiger partial charge in [0.1, 0.15) is 16.5 Å². The van der Waals surface area contributed by atoms with Crippen LogP contribution in [0.3, 0.4) is 0 Å². The van der Waals surface area contributed by atoms with Crippen LogP contribution in [0, 0.1) is 11.6 Å². The Balaban J connectivity index is 1.35. The molecule has 2 aromatic carbocycles. The van der Waals surface area contributed by atoms with E-state index >= 15 is 0 Å². The maximum absolute atomic E-state index is 14.0. The number of rotatable bonds is 9. The molecule has 0 radical (unpaired) electrons. The van der Waals surface area contributed by atoms with Crippen LogP contribution in [0.15, 0.2) is 23.1 Å². The average molecular weight is 501 g/mol. The third kappa shape index (κ3) is 4.69. The van der Waals surface area contributed by atoms with Crippen LogP contribution in [0.2, 0.25) is 5.02 Å². The van der Waals surface area contributed by atoms with Crippen LogP contribution >= 0.6 is 11.6 Å². The zero-order chi connectivity index (χ0) is 23.8. The third-order valence-corrected chi connectivity index (χ3v) is 8.35. The van der Waals surface area contributed by atoms with Gasteiger partial charge in [0, 0.05) is 30.8 Å². The predicted molar refractivity (Wildman–Crippen MR) is 122 cm³/mol. The van der Waals surface area contributed by atoms with Gasteiger partial charge in [0.05, 0.1) is 19.2 Å². The van der Waals surface area contributed by atoms with Gasteiger partial charge < -0.3 is 9.47 Å². The average Bonchev–Trinajstić information content (AvgIpc) is 3.19. The lowest BCUT2D eigenvalue weighted by atomic mass is 9.92. The first kappa shape index (κ1) is 24.2. The first-order chi connectivity index (χ1) is 15.8. The van der Waals surface area contributed by atoms with E-state index < -0.39 is 31.6 Å². The number of hydrogen-bond donors (Lipinski definition) is 1. The lowest BCUT2D eigenvalue weighted by Gasteiger charge is -2.35. The maximum atomic E-state index is 14.0. The monoisotopic (exact) mass is 500 g/mol. The molecular formula is C23H27ClF2N2O4S. The van der Waals surface area contributed by atoms with E-state index in [0.29, 0.717) is 18.5 Å². The van der Waals surface area contributed by atoms with Crippen molar-refractivity contribution >= 4 is 21.6 Å². The number of halogens is 3. The molecule has 6 nitrogen and oxygen atoms in total. The number of ether oxygens (including phenoxy) is 2. The second-order valence-electron chi connectivity index (χ2n) is 8.31. The number of hydrogen-bond acceptors (Lipinski definition) is 5. The SMILES string of the molecule is COc1cc2c3c(c1OC)CCC3N(CCCCNS(=O)(=O)c1c(F)cc(F)cc1Cl)CC2. The minimum atomic E-state index is -4.17. The molecule has 1 aliphatic heterocycles. The van der Waals surface area contributed by atoms with Gasteiger partial charge in [-0.05, 0) is 61.9 Å². The Morgan fingerprint density at radius 2 is 1.94 bits per heavy atom. The third-order valence-electron chi connectivity index (χ3n) is 6.40. The van der Waals surface area contributed by atoms with Crippen molar-refractivity contribution < 1.29 is 26.7 Å². The van der Waals surface area contributed by atoms with Gasteiger partial charge in [-0.2, -0.15) is 0 Å². The highest BCUT2D eigenvalue weighted by atomic mass is 35.5. The number of nitrogens with one attached hydrogen (secondary N) is 1. The Morgan fingerprint density at radius 3 is 2.64 bits per heavy atom. The zero-order valence-electron chi connectivity index (χ0n) is 18.6. The van der Waals surface area contributed by atoms with E-state index in [2.05, 4.69) is 15.7 Å². The molecule has 180 valence electrons. The molecule has 1 aliphatic carbocycles. The van der Waals surface area contributed by atoms with Crippen molar-refractivity contribution in [1.29, 1.82) is 0 Å². The van der Waals surface area contributed by atoms with Crippen molar-refractivity contribution in [3.8, 4) is 11.5 Å². The van der Waals surface area contributed by atoms with Gasteiger partial charge in [0.15, 0.2) is 11.5 Å². The topological polar surface area (TPSA) is 67.9 Å². The second-order valence-corrected chi connectivity index (χ2v) is 10.4. The summed E-state index contributed by atoms with van der Waals surface area (Å²) >= 11 is 5.76. The summed E-state index contributed by atoms with van der Waals surface area (Å²) in [7, 11) is -0.843. The molecule has 1 N–H and O–H groups in total. The molecule has 1 heterocycles. The lowest BCUT2D eigenvalue weighted by Crippen LogP contribution is -2.35. The summed E-state index contributed by atoms with van der Waals surface area (Å²) in [5, 5.41) is -0.476. The van der Waals surface area contributed by atoms with Gasteiger partial charge in [-0.15, -0.1) is 0 Å². The minimum Gasteiger partial charge on any atom is -0.493 e. The maximum Gasteiger partial charge on any atom is 0.244 e. The quantitative estimate of drug-likeness (QED) is 0.522. The van der Waals surface area contributed by atoms with Crippen LogP contribution < -0.4 is 14.2 Å². The largest absolute Gasteiger partial charge is 0.493 e. The van der Waals surface area contributed by atoms with Crippen molar-refractivity contribution in [1.82, 2.24) is 9.62 Å². The molecule has 0 bridgehead atoms. The van der Waals surface area contributed by atoms with Gasteiger partial charge in [-0.1, -0.05) is 11.6 Å². The normalized spacial score (nSPS) is 17.8. The van der Waals surface area contributed by atoms with Gasteiger partial charge in [-0.3, -0.25) is 4.90 Å². The molecule has 10 heteroatoms. The number of nitrogens with zero attached hydrogens (tertiary/aromatic N) is 1. The number of benzene rings is 2. The Hall–Kier alpha value is -1.94. The highest BCUT2D eigenvalue weighted by Crippen LogP contribution is 2.48. The Bertz CT molecular complexity index is 1140. The summed E-state index contributed by atoms with van der Waals surface area (Å²) in [4.78, 5) is 1.72. The van der Waals surface area contributed by atoms with Gasteiger partial charge in [0.2, 0.25) is 10.0 Å². The van der Waals surface area contributed by atoms with Crippen LogP contribution in [0.4, 0.5) is 8.78 Å². The van der Waals surface area contributed by atoms with E-state index in [0.717, 1.165) is 56.3 Å². The van der Waals surface area contributed by atoms with E-state index in [1.165, 1.54) is 16.7 Å². The highest BCUT2D eigenvalue weighted by molar-refractivity contribution is 7.89. The Labute approximate surface area is 197 Å². The van der Waals surface area contributed by atoms with E-state index in [1.807, 2.05) is 0 Å². The van der Waals surface area contributed by atoms with E-state index in [4.69, 9.17) is 21.1 Å². The van der Waals surface area contributed by atoms with Crippen LogP contribution in [0.5, 0.6) is 11.5 Å². The van der Waals surface area contributed by atoms with Crippen LogP contribution in [-0.2, 0) is 22.9 Å². The Morgan fingerprint density at radius 1 is 1.15 bits per heavy atom. The van der Waals surface area contributed by atoms with Crippen LogP contribution in [0.25, 0.3) is 0 Å². The first-order valence-corrected chi connectivity index (χ1v) is 12.8. The lowest BCUT2D eigenvalue weighted by molar-refractivity contribution is 0.182. The molecule has 0 fully saturated rings. The van der Waals surface area contributed by atoms with Crippen molar-refractivity contribution in [2.75, 3.05) is 33.9 Å². The molecule has 4 rings (SSSR count). The summed E-state index contributed by atoms with van der Waals surface area (Å²) in [6, 6.07) is 3.71. The summed E-state index contributed by atoms with van der Waals surface area (Å²) in [5.41, 5.74) is 3.89. The first-order valence-electron chi connectivity index (χ1n) is 10.9. The zero-order valence-corrected chi connectivity index (χ0v) is 20.2. The van der Waals surface area contributed by atoms with Crippen molar-refractivity contribution in [2.24, 2.45) is 0 Å². The van der Waals surface area contributed by atoms with Crippen LogP contribution in [-0.4, -0.2) is 47.2 Å². The molecule has 33 heavy (non-hydrogen) atoms. The molecular weight excluding hydrogens is 474 g/mol. The fraction of sp³-hybridized carbons (Fsp3) is 0.478. The number of sulfonamides is 1. The standard InChI is InChI=1S/C23H27ClF2N2O4S/c1-31-20-11-14-7-10-28(19-6-5-16(21(14)19)22(20)32-2)9-4-3-8-27-33(29,30)23-17(24)12-15(25)13-18(23)26/h11-13,19,27H,3-10H2,1-2H3. The predicted octanol–water partition coefficient (Wildman–Crippen LogP) is 4.24. The van der Waals surface area contributed by atoms with Crippen molar-refractivity contribution in [3.05, 3.63) is 51.5 Å². The molecule has 0 amide bonds. The summed E-state index contributed by atoms with van der Waals surface area (Å²) in [6.07, 6.45) is 4.23.